The quantitative estimate of drug-likeness (QED) is 0.779. The van der Waals surface area contributed by atoms with Crippen LogP contribution < -0.4 is 5.43 Å². The largest absolute Gasteiger partial charge is 0.304 e. The Balaban J connectivity index is 1.79. The highest BCUT2D eigenvalue weighted by Gasteiger charge is 2.13. The first-order valence-electron chi connectivity index (χ1n) is 6.33. The van der Waals surface area contributed by atoms with Crippen molar-refractivity contribution < 1.29 is 0 Å². The Morgan fingerprint density at radius 3 is 2.76 bits per heavy atom. The van der Waals surface area contributed by atoms with E-state index in [-0.39, 0.29) is 0 Å². The predicted molar refractivity (Wildman–Crippen MR) is 66.2 cm³/mol. The van der Waals surface area contributed by atoms with Gasteiger partial charge < -0.3 is 4.90 Å². The first-order chi connectivity index (χ1) is 8.29. The number of hydrogen-bond acceptors (Lipinski definition) is 5. The number of aromatic nitrogens is 3. The van der Waals surface area contributed by atoms with Crippen molar-refractivity contribution in [2.24, 2.45) is 0 Å². The van der Waals surface area contributed by atoms with E-state index in [0.29, 0.717) is 0 Å². The Morgan fingerprint density at radius 2 is 2.06 bits per heavy atom. The summed E-state index contributed by atoms with van der Waals surface area (Å²) in [6.45, 7) is 8.24. The molecule has 17 heavy (non-hydrogen) atoms. The predicted octanol–water partition coefficient (Wildman–Crippen LogP) is -0.0599. The van der Waals surface area contributed by atoms with Gasteiger partial charge in [-0.25, -0.2) is 20.1 Å². The van der Waals surface area contributed by atoms with Gasteiger partial charge in [-0.15, -0.1) is 0 Å². The fourth-order valence-corrected chi connectivity index (χ4v) is 1.97. The maximum Gasteiger partial charge on any atom is 0.142 e. The third kappa shape index (κ3) is 3.49. The van der Waals surface area contributed by atoms with Gasteiger partial charge in [-0.2, -0.15) is 5.10 Å². The summed E-state index contributed by atoms with van der Waals surface area (Å²) in [5, 5.41) is 6.49. The highest BCUT2D eigenvalue weighted by molar-refractivity contribution is 4.83. The van der Waals surface area contributed by atoms with Crippen molar-refractivity contribution in [2.45, 2.75) is 26.4 Å². The molecule has 0 aliphatic carbocycles. The molecule has 0 unspecified atom stereocenters. The molecule has 96 valence electrons. The van der Waals surface area contributed by atoms with Gasteiger partial charge in [0, 0.05) is 32.7 Å². The molecule has 2 rings (SSSR count). The van der Waals surface area contributed by atoms with E-state index in [4.69, 9.17) is 0 Å². The molecular weight excluding hydrogens is 216 g/mol. The Morgan fingerprint density at radius 1 is 1.29 bits per heavy atom. The maximum atomic E-state index is 4.29. The summed E-state index contributed by atoms with van der Waals surface area (Å²) < 4.78 is 1.98. The fourth-order valence-electron chi connectivity index (χ4n) is 1.97. The molecule has 0 saturated carbocycles. The molecule has 1 saturated heterocycles. The number of rotatable bonds is 5. The topological polar surface area (TPSA) is 49.2 Å². The Kier molecular flexibility index (Phi) is 4.47. The number of nitrogens with zero attached hydrogens (tertiary/aromatic N) is 5. The second kappa shape index (κ2) is 6.09. The van der Waals surface area contributed by atoms with E-state index in [1.807, 2.05) is 4.68 Å². The third-order valence-corrected chi connectivity index (χ3v) is 3.10. The number of nitrogens with one attached hydrogen (secondary N) is 1. The first-order valence-corrected chi connectivity index (χ1v) is 6.33. The van der Waals surface area contributed by atoms with Gasteiger partial charge in [0.1, 0.15) is 12.2 Å². The number of aryl methyl sites for hydroxylation is 1. The van der Waals surface area contributed by atoms with E-state index in [1.54, 1.807) is 6.33 Å². The number of hydrazine groups is 1. The molecular formula is C11H22N6. The molecule has 0 spiro atoms. The van der Waals surface area contributed by atoms with Crippen LogP contribution in [0.3, 0.4) is 0 Å². The molecule has 1 aliphatic heterocycles. The average Bonchev–Trinajstić information content (AvgIpc) is 2.77. The van der Waals surface area contributed by atoms with E-state index in [1.165, 1.54) is 0 Å². The monoisotopic (exact) mass is 238 g/mol. The van der Waals surface area contributed by atoms with Crippen LogP contribution in [0, 0.1) is 0 Å². The van der Waals surface area contributed by atoms with Gasteiger partial charge in [0.05, 0.1) is 6.54 Å². The summed E-state index contributed by atoms with van der Waals surface area (Å²) in [4.78, 5) is 6.63. The van der Waals surface area contributed by atoms with Crippen LogP contribution in [-0.2, 0) is 13.1 Å². The SMILES string of the molecule is CCCn1ncnc1CNN1CCN(C)CC1. The molecule has 6 nitrogen and oxygen atoms in total. The van der Waals surface area contributed by atoms with Crippen LogP contribution in [0.1, 0.15) is 19.2 Å². The highest BCUT2D eigenvalue weighted by atomic mass is 15.5. The molecule has 0 aromatic carbocycles. The Labute approximate surface area is 103 Å². The summed E-state index contributed by atoms with van der Waals surface area (Å²) in [5.74, 6) is 1.02. The maximum absolute atomic E-state index is 4.29. The van der Waals surface area contributed by atoms with Crippen LogP contribution in [0.15, 0.2) is 6.33 Å². The van der Waals surface area contributed by atoms with Crippen molar-refractivity contribution in [3.8, 4) is 0 Å². The molecule has 1 aromatic rings. The van der Waals surface area contributed by atoms with Crippen LogP contribution in [0.2, 0.25) is 0 Å². The lowest BCUT2D eigenvalue weighted by Gasteiger charge is -2.32. The van der Waals surface area contributed by atoms with Crippen molar-refractivity contribution >= 4 is 0 Å². The van der Waals surface area contributed by atoms with E-state index in [0.717, 1.165) is 51.5 Å². The summed E-state index contributed by atoms with van der Waals surface area (Å²) in [7, 11) is 2.16. The number of likely N-dealkylation sites (N-methyl/N-ethyl adjacent to an activating group) is 1. The van der Waals surface area contributed by atoms with Gasteiger partial charge in [0.25, 0.3) is 0 Å². The highest BCUT2D eigenvalue weighted by Crippen LogP contribution is 1.99. The van der Waals surface area contributed by atoms with Crippen LogP contribution in [0.4, 0.5) is 0 Å². The summed E-state index contributed by atoms with van der Waals surface area (Å²) in [5.41, 5.74) is 3.43. The average molecular weight is 238 g/mol. The number of piperazine rings is 1. The van der Waals surface area contributed by atoms with Crippen molar-refractivity contribution in [1.29, 1.82) is 0 Å². The molecule has 1 fully saturated rings. The molecule has 1 N–H and O–H groups in total. The van der Waals surface area contributed by atoms with Crippen LogP contribution >= 0.6 is 0 Å². The van der Waals surface area contributed by atoms with Crippen molar-refractivity contribution in [1.82, 2.24) is 30.1 Å². The molecule has 0 atom stereocenters. The minimum Gasteiger partial charge on any atom is -0.304 e. The van der Waals surface area contributed by atoms with Crippen LogP contribution in [0.25, 0.3) is 0 Å². The standard InChI is InChI=1S/C11H22N6/c1-3-4-17-11(12-10-14-17)9-13-16-7-5-15(2)6-8-16/h10,13H,3-9H2,1-2H3. The Bertz CT molecular complexity index is 328. The molecule has 0 radical (unpaired) electrons. The zero-order chi connectivity index (χ0) is 12.1. The summed E-state index contributed by atoms with van der Waals surface area (Å²) in [6.07, 6.45) is 2.72. The van der Waals surface area contributed by atoms with Crippen molar-refractivity contribution in [2.75, 3.05) is 33.2 Å². The van der Waals surface area contributed by atoms with E-state index in [2.05, 4.69) is 39.4 Å². The summed E-state index contributed by atoms with van der Waals surface area (Å²) in [6, 6.07) is 0. The lowest BCUT2D eigenvalue weighted by molar-refractivity contribution is 0.100. The molecule has 0 bridgehead atoms. The van der Waals surface area contributed by atoms with Gasteiger partial charge in [0.2, 0.25) is 0 Å². The van der Waals surface area contributed by atoms with Crippen LogP contribution in [0.5, 0.6) is 0 Å². The van der Waals surface area contributed by atoms with Gasteiger partial charge in [0.15, 0.2) is 0 Å². The first kappa shape index (κ1) is 12.5. The van der Waals surface area contributed by atoms with Gasteiger partial charge >= 0.3 is 0 Å². The van der Waals surface area contributed by atoms with E-state index < -0.39 is 0 Å². The third-order valence-electron chi connectivity index (χ3n) is 3.10. The van der Waals surface area contributed by atoms with Gasteiger partial charge in [-0.1, -0.05) is 6.92 Å². The lowest BCUT2D eigenvalue weighted by atomic mass is 10.4. The number of hydrogen-bond donors (Lipinski definition) is 1. The minimum atomic E-state index is 0.768. The zero-order valence-electron chi connectivity index (χ0n) is 10.8. The smallest absolute Gasteiger partial charge is 0.142 e. The molecule has 0 amide bonds. The van der Waals surface area contributed by atoms with E-state index >= 15 is 0 Å². The molecule has 1 aliphatic rings. The van der Waals surface area contributed by atoms with Crippen molar-refractivity contribution in [3.05, 3.63) is 12.2 Å². The molecule has 6 heteroatoms. The summed E-state index contributed by atoms with van der Waals surface area (Å²) >= 11 is 0. The minimum absolute atomic E-state index is 0.768. The second-order valence-electron chi connectivity index (χ2n) is 4.52. The normalized spacial score (nSPS) is 18.7. The zero-order valence-corrected chi connectivity index (χ0v) is 10.8. The van der Waals surface area contributed by atoms with Gasteiger partial charge in [-0.05, 0) is 13.5 Å². The molecule has 1 aromatic heterocycles. The van der Waals surface area contributed by atoms with Crippen LogP contribution in [-0.4, -0.2) is 57.9 Å². The van der Waals surface area contributed by atoms with Crippen molar-refractivity contribution in [3.63, 3.8) is 0 Å². The second-order valence-corrected chi connectivity index (χ2v) is 4.52. The molecule has 2 heterocycles. The van der Waals surface area contributed by atoms with Gasteiger partial charge in [-0.3, -0.25) is 0 Å². The Hall–Kier alpha value is -0.980. The van der Waals surface area contributed by atoms with E-state index in [9.17, 15) is 0 Å². The lowest BCUT2D eigenvalue weighted by Crippen LogP contribution is -2.50. The fraction of sp³-hybridized carbons (Fsp3) is 0.818.